The quantitative estimate of drug-likeness (QED) is 0.877. The number of sulfonamides is 1. The van der Waals surface area contributed by atoms with E-state index in [0.29, 0.717) is 17.3 Å². The van der Waals surface area contributed by atoms with Crippen molar-refractivity contribution in [3.8, 4) is 0 Å². The molecule has 0 unspecified atom stereocenters. The van der Waals surface area contributed by atoms with Gasteiger partial charge in [0.15, 0.2) is 0 Å². The van der Waals surface area contributed by atoms with Crippen molar-refractivity contribution in [3.05, 3.63) is 16.5 Å². The number of nitrogens with one attached hydrogen (secondary N) is 1. The highest BCUT2D eigenvalue weighted by molar-refractivity contribution is 7.91. The van der Waals surface area contributed by atoms with Gasteiger partial charge in [0.2, 0.25) is 10.0 Å². The van der Waals surface area contributed by atoms with Gasteiger partial charge in [0.05, 0.1) is 6.61 Å². The van der Waals surface area contributed by atoms with Crippen LogP contribution in [0.4, 0.5) is 0 Å². The fourth-order valence-electron chi connectivity index (χ4n) is 2.89. The molecule has 6 heteroatoms. The molecule has 114 valence electrons. The van der Waals surface area contributed by atoms with E-state index in [1.54, 1.807) is 6.07 Å². The first kappa shape index (κ1) is 15.9. The van der Waals surface area contributed by atoms with E-state index >= 15 is 0 Å². The minimum absolute atomic E-state index is 0.116. The van der Waals surface area contributed by atoms with Crippen LogP contribution in [0.2, 0.25) is 0 Å². The molecule has 1 aliphatic carbocycles. The highest BCUT2D eigenvalue weighted by atomic mass is 32.2. The summed E-state index contributed by atoms with van der Waals surface area (Å²) in [5.74, 6) is 0.350. The summed E-state index contributed by atoms with van der Waals surface area (Å²) in [5.41, 5.74) is 1.15. The molecule has 1 saturated carbocycles. The molecule has 1 fully saturated rings. The Morgan fingerprint density at radius 2 is 1.85 bits per heavy atom. The molecule has 2 rings (SSSR count). The van der Waals surface area contributed by atoms with Gasteiger partial charge in [-0.05, 0) is 35.3 Å². The Labute approximate surface area is 125 Å². The lowest BCUT2D eigenvalue weighted by Crippen LogP contribution is -2.26. The van der Waals surface area contributed by atoms with Crippen LogP contribution in [0.25, 0.3) is 0 Å². The number of aliphatic hydroxyl groups excluding tert-OH is 1. The zero-order valence-corrected chi connectivity index (χ0v) is 14.3. The number of hydrogen-bond donors (Lipinski definition) is 2. The predicted octanol–water partition coefficient (Wildman–Crippen LogP) is 2.51. The van der Waals surface area contributed by atoms with E-state index in [2.05, 4.69) is 32.4 Å². The van der Waals surface area contributed by atoms with Crippen molar-refractivity contribution in [1.29, 1.82) is 0 Å². The van der Waals surface area contributed by atoms with Gasteiger partial charge in [-0.2, -0.15) is 0 Å². The van der Waals surface area contributed by atoms with Crippen molar-refractivity contribution in [3.63, 3.8) is 0 Å². The Hall–Kier alpha value is -0.430. The molecular weight excluding hydrogens is 294 g/mol. The molecule has 0 spiro atoms. The van der Waals surface area contributed by atoms with E-state index in [4.69, 9.17) is 5.11 Å². The zero-order valence-electron chi connectivity index (χ0n) is 12.6. The van der Waals surface area contributed by atoms with E-state index in [0.717, 1.165) is 16.9 Å². The summed E-state index contributed by atoms with van der Waals surface area (Å²) in [7, 11) is -3.47. The van der Waals surface area contributed by atoms with Gasteiger partial charge < -0.3 is 5.11 Å². The van der Waals surface area contributed by atoms with Gasteiger partial charge in [-0.15, -0.1) is 11.3 Å². The molecule has 1 heterocycles. The van der Waals surface area contributed by atoms with E-state index in [9.17, 15) is 8.42 Å². The molecule has 2 N–H and O–H groups in total. The lowest BCUT2D eigenvalue weighted by atomic mass is 10.0. The van der Waals surface area contributed by atoms with Crippen LogP contribution in [0.5, 0.6) is 0 Å². The summed E-state index contributed by atoms with van der Waals surface area (Å²) in [6, 6.07) is 1.63. The average Bonchev–Trinajstić information content (AvgIpc) is 2.64. The molecule has 0 aromatic carbocycles. The first-order valence-electron chi connectivity index (χ1n) is 6.74. The normalized spacial score (nSPS) is 21.1. The van der Waals surface area contributed by atoms with Gasteiger partial charge >= 0.3 is 0 Å². The molecular formula is C14H23NO3S2. The minimum atomic E-state index is -3.47. The summed E-state index contributed by atoms with van der Waals surface area (Å²) in [6.07, 6.45) is 0. The number of hydrogen-bond acceptors (Lipinski definition) is 4. The van der Waals surface area contributed by atoms with Crippen molar-refractivity contribution in [2.75, 3.05) is 6.54 Å². The van der Waals surface area contributed by atoms with E-state index in [1.165, 1.54) is 0 Å². The maximum absolute atomic E-state index is 12.3. The summed E-state index contributed by atoms with van der Waals surface area (Å²) >= 11 is 1.14. The molecule has 1 aromatic heterocycles. The first-order chi connectivity index (χ1) is 9.04. The standard InChI is InChI=1S/C14H23NO3S2/c1-9-6-12(19-10(9)8-16)20(17,18)15-7-11-13(2,3)14(11,4)5/h6,11,15-16H,7-8H2,1-5H3. The van der Waals surface area contributed by atoms with Gasteiger partial charge in [-0.1, -0.05) is 27.7 Å². The van der Waals surface area contributed by atoms with Crippen LogP contribution in [0.1, 0.15) is 38.1 Å². The van der Waals surface area contributed by atoms with Crippen LogP contribution in [0.15, 0.2) is 10.3 Å². The lowest BCUT2D eigenvalue weighted by molar-refractivity contribution is 0.285. The van der Waals surface area contributed by atoms with Crippen LogP contribution in [0, 0.1) is 23.7 Å². The second kappa shape index (κ2) is 4.80. The largest absolute Gasteiger partial charge is 0.391 e. The number of aliphatic hydroxyl groups is 1. The third kappa shape index (κ3) is 2.43. The fourth-order valence-corrected chi connectivity index (χ4v) is 5.43. The van der Waals surface area contributed by atoms with Crippen LogP contribution < -0.4 is 4.72 Å². The second-order valence-corrected chi connectivity index (χ2v) is 9.81. The SMILES string of the molecule is Cc1cc(S(=O)(=O)NCC2C(C)(C)C2(C)C)sc1CO. The third-order valence-corrected chi connectivity index (χ3v) is 8.32. The van der Waals surface area contributed by atoms with Crippen LogP contribution in [-0.4, -0.2) is 20.1 Å². The monoisotopic (exact) mass is 317 g/mol. The van der Waals surface area contributed by atoms with Gasteiger partial charge in [-0.3, -0.25) is 0 Å². The number of aryl methyl sites for hydroxylation is 1. The topological polar surface area (TPSA) is 66.4 Å². The Bertz CT molecular complexity index is 600. The van der Waals surface area contributed by atoms with E-state index in [1.807, 2.05) is 6.92 Å². The Kier molecular flexibility index (Phi) is 3.83. The highest BCUT2D eigenvalue weighted by Gasteiger charge is 2.64. The van der Waals surface area contributed by atoms with Gasteiger partial charge in [0.1, 0.15) is 4.21 Å². The number of thiophene rings is 1. The second-order valence-electron chi connectivity index (χ2n) is 6.68. The van der Waals surface area contributed by atoms with Crippen molar-refractivity contribution in [1.82, 2.24) is 4.72 Å². The van der Waals surface area contributed by atoms with E-state index < -0.39 is 10.0 Å². The smallest absolute Gasteiger partial charge is 0.250 e. The predicted molar refractivity (Wildman–Crippen MR) is 81.2 cm³/mol. The zero-order chi connectivity index (χ0) is 15.3. The van der Waals surface area contributed by atoms with E-state index in [-0.39, 0.29) is 21.6 Å². The summed E-state index contributed by atoms with van der Waals surface area (Å²) < 4.78 is 27.6. The Morgan fingerprint density at radius 3 is 2.25 bits per heavy atom. The van der Waals surface area contributed by atoms with Crippen LogP contribution in [0.3, 0.4) is 0 Å². The maximum atomic E-state index is 12.3. The molecule has 1 aromatic rings. The Morgan fingerprint density at radius 1 is 1.30 bits per heavy atom. The average molecular weight is 317 g/mol. The van der Waals surface area contributed by atoms with Crippen molar-refractivity contribution in [2.24, 2.45) is 16.7 Å². The van der Waals surface area contributed by atoms with Gasteiger partial charge in [-0.25, -0.2) is 13.1 Å². The molecule has 0 aliphatic heterocycles. The fraction of sp³-hybridized carbons (Fsp3) is 0.714. The molecule has 0 saturated heterocycles. The molecule has 1 aliphatic rings. The molecule has 0 amide bonds. The summed E-state index contributed by atoms with van der Waals surface area (Å²) in [6.45, 7) is 10.9. The van der Waals surface area contributed by atoms with Gasteiger partial charge in [0, 0.05) is 11.4 Å². The maximum Gasteiger partial charge on any atom is 0.250 e. The van der Waals surface area contributed by atoms with Crippen molar-refractivity contribution in [2.45, 2.75) is 45.4 Å². The molecule has 4 nitrogen and oxygen atoms in total. The van der Waals surface area contributed by atoms with Crippen LogP contribution in [-0.2, 0) is 16.6 Å². The highest BCUT2D eigenvalue weighted by Crippen LogP contribution is 2.67. The lowest BCUT2D eigenvalue weighted by Gasteiger charge is -2.05. The Balaban J connectivity index is 2.09. The molecule has 0 atom stereocenters. The van der Waals surface area contributed by atoms with Crippen molar-refractivity contribution < 1.29 is 13.5 Å². The number of rotatable bonds is 5. The van der Waals surface area contributed by atoms with Crippen molar-refractivity contribution >= 4 is 21.4 Å². The minimum Gasteiger partial charge on any atom is -0.391 e. The molecule has 20 heavy (non-hydrogen) atoms. The molecule has 0 radical (unpaired) electrons. The first-order valence-corrected chi connectivity index (χ1v) is 9.04. The molecule has 0 bridgehead atoms. The summed E-state index contributed by atoms with van der Waals surface area (Å²) in [5, 5.41) is 9.16. The van der Waals surface area contributed by atoms with Gasteiger partial charge in [0.25, 0.3) is 0 Å². The third-order valence-electron chi connectivity index (χ3n) is 5.20. The summed E-state index contributed by atoms with van der Waals surface area (Å²) in [4.78, 5) is 0.706. The van der Waals surface area contributed by atoms with Crippen LogP contribution >= 0.6 is 11.3 Å².